The second-order valence-corrected chi connectivity index (χ2v) is 21.0. The first kappa shape index (κ1) is 37.5. The fourth-order valence-corrected chi connectivity index (χ4v) is 10.8. The van der Waals surface area contributed by atoms with Crippen LogP contribution in [0.4, 0.5) is 0 Å². The molecule has 0 aliphatic carbocycles. The molecule has 0 saturated carbocycles. The molecule has 0 aliphatic rings. The Kier molecular flexibility index (Phi) is 16.1. The van der Waals surface area contributed by atoms with Crippen LogP contribution in [0.3, 0.4) is 0 Å². The molecule has 7 aromatic rings. The van der Waals surface area contributed by atoms with E-state index < -0.39 is 29.4 Å². The first-order chi connectivity index (χ1) is 24.7. The van der Waals surface area contributed by atoms with Gasteiger partial charge in [-0.1, -0.05) is 182 Å². The van der Waals surface area contributed by atoms with Crippen molar-refractivity contribution < 1.29 is 13.5 Å². The third-order valence-corrected chi connectivity index (χ3v) is 14.0. The van der Waals surface area contributed by atoms with Crippen molar-refractivity contribution in [1.29, 1.82) is 0 Å². The van der Waals surface area contributed by atoms with E-state index in [0.717, 1.165) is 5.56 Å². The molecule has 50 heavy (non-hydrogen) atoms. The fourth-order valence-electron chi connectivity index (χ4n) is 5.12. The smallest absolute Gasteiger partial charge is 0.0134 e. The molecule has 0 nitrogen and oxygen atoms in total. The van der Waals surface area contributed by atoms with Crippen molar-refractivity contribution in [3.63, 3.8) is 0 Å². The quantitative estimate of drug-likeness (QED) is 0.106. The summed E-state index contributed by atoms with van der Waals surface area (Å²) in [6.45, 7) is 0. The minimum Gasteiger partial charge on any atom is -0.0622 e. The Morgan fingerprint density at radius 2 is 0.540 bits per heavy atom. The second kappa shape index (κ2) is 21.4. The molecule has 0 heterocycles. The summed E-state index contributed by atoms with van der Waals surface area (Å²) in [6.07, 6.45) is 3.90. The van der Waals surface area contributed by atoms with Crippen LogP contribution in [0, 0.1) is 0 Å². The van der Waals surface area contributed by atoms with E-state index in [4.69, 9.17) is 19.4 Å². The zero-order valence-corrected chi connectivity index (χ0v) is 32.5. The van der Waals surface area contributed by atoms with Gasteiger partial charge >= 0.3 is 85.6 Å². The van der Waals surface area contributed by atoms with Crippen LogP contribution in [-0.2, 0) is 13.5 Å². The SMILES string of the molecule is [Cl][Ru]([Cl])=[CH]/C=C/c1ccccc1.c1ccc(P(c2ccccc2)c2ccccc2)cc1.c1ccc(P(c2ccccc2)c2ccccc2)cc1. The molecule has 250 valence electrons. The molecule has 7 rings (SSSR count). The van der Waals surface area contributed by atoms with Gasteiger partial charge < -0.3 is 0 Å². The van der Waals surface area contributed by atoms with Crippen molar-refractivity contribution in [3.8, 4) is 0 Å². The zero-order valence-electron chi connectivity index (χ0n) is 27.4. The summed E-state index contributed by atoms with van der Waals surface area (Å²) < 4.78 is 1.86. The Morgan fingerprint density at radius 1 is 0.320 bits per heavy atom. The predicted octanol–water partition coefficient (Wildman–Crippen LogP) is 10.3. The van der Waals surface area contributed by atoms with E-state index in [-0.39, 0.29) is 0 Å². The average Bonchev–Trinajstić information content (AvgIpc) is 3.19. The topological polar surface area (TPSA) is 0 Å². The Balaban J connectivity index is 0.000000150. The van der Waals surface area contributed by atoms with Crippen LogP contribution in [0.15, 0.2) is 218 Å². The third kappa shape index (κ3) is 12.2. The molecule has 0 unspecified atom stereocenters. The summed E-state index contributed by atoms with van der Waals surface area (Å²) in [4.78, 5) is 0. The van der Waals surface area contributed by atoms with Crippen molar-refractivity contribution in [2.75, 3.05) is 0 Å². The number of halogens is 2. The molecule has 0 atom stereocenters. The molecule has 0 aliphatic heterocycles. The maximum Gasteiger partial charge on any atom is -0.0134 e. The first-order valence-electron chi connectivity index (χ1n) is 16.1. The maximum absolute atomic E-state index is 5.65. The molecule has 0 bridgehead atoms. The van der Waals surface area contributed by atoms with E-state index in [9.17, 15) is 0 Å². The monoisotopic (exact) mass is 812 g/mol. The zero-order chi connectivity index (χ0) is 34.6. The van der Waals surface area contributed by atoms with Crippen molar-refractivity contribution >= 4 is 77.7 Å². The maximum atomic E-state index is 5.65. The molecular weight excluding hydrogens is 774 g/mol. The standard InChI is InChI=1S/2C18H15P.C9H8.2ClH.Ru/c2*1-4-10-16(11-5-1)19(17-12-6-2-7-13-17)18-14-8-3-9-15-18;1-2-6-9-7-4-3-5-8-9;;;/h2*1-15H;1-8H;2*1H;/q;;;;;+2/p-2/b;;6-2+;;;. The third-order valence-electron chi connectivity index (χ3n) is 7.33. The molecule has 5 heteroatoms. The Bertz CT molecular complexity index is 1680. The molecule has 0 saturated heterocycles. The summed E-state index contributed by atoms with van der Waals surface area (Å²) in [7, 11) is 10.4. The van der Waals surface area contributed by atoms with E-state index in [0.29, 0.717) is 0 Å². The van der Waals surface area contributed by atoms with Crippen LogP contribution >= 0.6 is 35.2 Å². The molecule has 0 N–H and O–H groups in total. The molecule has 0 amide bonds. The van der Waals surface area contributed by atoms with Gasteiger partial charge in [0.15, 0.2) is 0 Å². The van der Waals surface area contributed by atoms with Crippen LogP contribution in [0.5, 0.6) is 0 Å². The van der Waals surface area contributed by atoms with Gasteiger partial charge in [0.05, 0.1) is 0 Å². The van der Waals surface area contributed by atoms with Gasteiger partial charge in [0.1, 0.15) is 0 Å². The number of allylic oxidation sites excluding steroid dienone is 1. The van der Waals surface area contributed by atoms with Gasteiger partial charge in [-0.2, -0.15) is 0 Å². The summed E-state index contributed by atoms with van der Waals surface area (Å²) >= 11 is -1.62. The first-order valence-corrected chi connectivity index (χ1v) is 24.3. The van der Waals surface area contributed by atoms with Gasteiger partial charge in [0.25, 0.3) is 0 Å². The minimum atomic E-state index is -1.62. The van der Waals surface area contributed by atoms with Gasteiger partial charge in [0.2, 0.25) is 0 Å². The minimum absolute atomic E-state index is 0.446. The molecular formula is C45H38Cl2P2Ru. The predicted molar refractivity (Wildman–Crippen MR) is 224 cm³/mol. The van der Waals surface area contributed by atoms with Crippen LogP contribution in [0.25, 0.3) is 6.08 Å². The summed E-state index contributed by atoms with van der Waals surface area (Å²) in [6, 6.07) is 74.7. The Hall–Kier alpha value is -3.79. The van der Waals surface area contributed by atoms with E-state index in [2.05, 4.69) is 182 Å². The van der Waals surface area contributed by atoms with E-state index in [1.165, 1.54) is 31.8 Å². The van der Waals surface area contributed by atoms with Crippen LogP contribution in [0.2, 0.25) is 0 Å². The van der Waals surface area contributed by atoms with Gasteiger partial charge in [-0.05, 0) is 47.7 Å². The van der Waals surface area contributed by atoms with Crippen LogP contribution in [-0.4, -0.2) is 4.61 Å². The van der Waals surface area contributed by atoms with Crippen molar-refractivity contribution in [3.05, 3.63) is 224 Å². The summed E-state index contributed by atoms with van der Waals surface area (Å²) in [5.74, 6) is 0. The van der Waals surface area contributed by atoms with Gasteiger partial charge in [-0.15, -0.1) is 0 Å². The Morgan fingerprint density at radius 3 is 0.760 bits per heavy atom. The van der Waals surface area contributed by atoms with Crippen LogP contribution < -0.4 is 31.8 Å². The van der Waals surface area contributed by atoms with Crippen LogP contribution in [0.1, 0.15) is 5.56 Å². The molecule has 0 fully saturated rings. The molecule has 7 aromatic carbocycles. The molecule has 0 aromatic heterocycles. The Labute approximate surface area is 313 Å². The number of hydrogen-bond acceptors (Lipinski definition) is 0. The molecule has 0 spiro atoms. The summed E-state index contributed by atoms with van der Waals surface area (Å²) in [5.41, 5.74) is 1.16. The van der Waals surface area contributed by atoms with Gasteiger partial charge in [0, 0.05) is 0 Å². The van der Waals surface area contributed by atoms with Gasteiger partial charge in [-0.25, -0.2) is 0 Å². The van der Waals surface area contributed by atoms with E-state index >= 15 is 0 Å². The number of benzene rings is 7. The largest absolute Gasteiger partial charge is 0.0622 e. The number of rotatable bonds is 8. The number of hydrogen-bond donors (Lipinski definition) is 0. The average molecular weight is 813 g/mol. The van der Waals surface area contributed by atoms with E-state index in [1.807, 2.05) is 47.1 Å². The van der Waals surface area contributed by atoms with E-state index in [1.54, 1.807) is 0 Å². The van der Waals surface area contributed by atoms with Gasteiger partial charge in [-0.3, -0.25) is 0 Å². The normalized spacial score (nSPS) is 10.8. The summed E-state index contributed by atoms with van der Waals surface area (Å²) in [5, 5.41) is 8.39. The second-order valence-electron chi connectivity index (χ2n) is 10.8. The van der Waals surface area contributed by atoms with Crippen molar-refractivity contribution in [2.45, 2.75) is 0 Å². The molecule has 0 radical (unpaired) electrons. The fraction of sp³-hybridized carbons (Fsp3) is 0. The van der Waals surface area contributed by atoms with Crippen molar-refractivity contribution in [2.24, 2.45) is 0 Å². The van der Waals surface area contributed by atoms with Crippen molar-refractivity contribution in [1.82, 2.24) is 0 Å².